The predicted molar refractivity (Wildman–Crippen MR) is 70.0 cm³/mol. The van der Waals surface area contributed by atoms with Gasteiger partial charge in [0.2, 0.25) is 5.91 Å². The summed E-state index contributed by atoms with van der Waals surface area (Å²) in [6.45, 7) is 1.55. The van der Waals surface area contributed by atoms with Gasteiger partial charge in [-0.05, 0) is 25.0 Å². The Kier molecular flexibility index (Phi) is 4.33. The van der Waals surface area contributed by atoms with Gasteiger partial charge in [-0.25, -0.2) is 4.79 Å². The van der Waals surface area contributed by atoms with Gasteiger partial charge in [-0.15, -0.1) is 0 Å². The van der Waals surface area contributed by atoms with E-state index in [0.29, 0.717) is 32.5 Å². The van der Waals surface area contributed by atoms with E-state index >= 15 is 0 Å². The van der Waals surface area contributed by atoms with Crippen LogP contribution in [0.25, 0.3) is 0 Å². The monoisotopic (exact) mass is 262 g/mol. The van der Waals surface area contributed by atoms with E-state index in [1.54, 1.807) is 11.1 Å². The van der Waals surface area contributed by atoms with Gasteiger partial charge in [0.15, 0.2) is 0 Å². The molecule has 0 aromatic carbocycles. The molecule has 1 aliphatic heterocycles. The molecule has 0 unspecified atom stereocenters. The van der Waals surface area contributed by atoms with E-state index in [0.717, 1.165) is 5.69 Å². The summed E-state index contributed by atoms with van der Waals surface area (Å²) in [5, 5.41) is 2.82. The Balaban J connectivity index is 1.77. The largest absolute Gasteiger partial charge is 0.369 e. The normalized spacial score (nSPS) is 16.1. The number of hydrogen-bond acceptors (Lipinski definition) is 3. The molecule has 1 saturated heterocycles. The van der Waals surface area contributed by atoms with Gasteiger partial charge >= 0.3 is 6.03 Å². The number of carbonyl (C=O) groups excluding carboxylic acids is 2. The summed E-state index contributed by atoms with van der Waals surface area (Å²) in [4.78, 5) is 28.8. The highest BCUT2D eigenvalue weighted by Gasteiger charge is 2.25. The molecule has 2 rings (SSSR count). The maximum atomic E-state index is 11.9. The van der Waals surface area contributed by atoms with Crippen molar-refractivity contribution in [1.29, 1.82) is 0 Å². The fourth-order valence-electron chi connectivity index (χ4n) is 2.15. The maximum absolute atomic E-state index is 11.9. The van der Waals surface area contributed by atoms with Crippen molar-refractivity contribution in [2.75, 3.05) is 13.1 Å². The van der Waals surface area contributed by atoms with Gasteiger partial charge in [-0.3, -0.25) is 9.78 Å². The summed E-state index contributed by atoms with van der Waals surface area (Å²) >= 11 is 0. The highest BCUT2D eigenvalue weighted by atomic mass is 16.2. The average Bonchev–Trinajstić information content (AvgIpc) is 2.46. The summed E-state index contributed by atoms with van der Waals surface area (Å²) < 4.78 is 0. The molecule has 1 aromatic rings. The van der Waals surface area contributed by atoms with Crippen LogP contribution in [0.1, 0.15) is 18.5 Å². The van der Waals surface area contributed by atoms with Crippen LogP contribution in [0.15, 0.2) is 24.4 Å². The van der Waals surface area contributed by atoms with E-state index in [9.17, 15) is 9.59 Å². The van der Waals surface area contributed by atoms with E-state index < -0.39 is 0 Å². The summed E-state index contributed by atoms with van der Waals surface area (Å²) in [5.74, 6) is -0.367. The smallest absolute Gasteiger partial charge is 0.317 e. The molecule has 3 N–H and O–H groups in total. The molecule has 102 valence electrons. The third kappa shape index (κ3) is 3.67. The second-order valence-electron chi connectivity index (χ2n) is 4.64. The lowest BCUT2D eigenvalue weighted by molar-refractivity contribution is -0.123. The summed E-state index contributed by atoms with van der Waals surface area (Å²) in [5.41, 5.74) is 6.08. The third-order valence-corrected chi connectivity index (χ3v) is 3.33. The van der Waals surface area contributed by atoms with Gasteiger partial charge in [0, 0.05) is 25.2 Å². The summed E-state index contributed by atoms with van der Waals surface area (Å²) in [6.07, 6.45) is 2.98. The molecule has 0 radical (unpaired) electrons. The third-order valence-electron chi connectivity index (χ3n) is 3.33. The van der Waals surface area contributed by atoms with Crippen molar-refractivity contribution in [1.82, 2.24) is 15.2 Å². The number of pyridine rings is 1. The van der Waals surface area contributed by atoms with Gasteiger partial charge in [0.05, 0.1) is 12.2 Å². The van der Waals surface area contributed by atoms with E-state index in [4.69, 9.17) is 5.73 Å². The molecule has 0 atom stereocenters. The Bertz CT molecular complexity index is 441. The zero-order valence-corrected chi connectivity index (χ0v) is 10.7. The molecule has 0 aliphatic carbocycles. The molecule has 0 saturated carbocycles. The first kappa shape index (κ1) is 13.3. The van der Waals surface area contributed by atoms with E-state index in [-0.39, 0.29) is 17.9 Å². The average molecular weight is 262 g/mol. The molecule has 19 heavy (non-hydrogen) atoms. The molecule has 2 heterocycles. The van der Waals surface area contributed by atoms with Gasteiger partial charge in [0.1, 0.15) is 0 Å². The summed E-state index contributed by atoms with van der Waals surface area (Å²) in [7, 11) is 0. The Hall–Kier alpha value is -2.11. The Morgan fingerprint density at radius 2 is 2.11 bits per heavy atom. The molecule has 1 fully saturated rings. The van der Waals surface area contributed by atoms with Gasteiger partial charge < -0.3 is 16.0 Å². The predicted octanol–water partition coefficient (Wildman–Crippen LogP) is 0.488. The number of nitrogens with zero attached hydrogens (tertiary/aromatic N) is 2. The Morgan fingerprint density at radius 1 is 1.37 bits per heavy atom. The number of nitrogens with two attached hydrogens (primary N) is 1. The van der Waals surface area contributed by atoms with Crippen molar-refractivity contribution >= 4 is 11.9 Å². The lowest BCUT2D eigenvalue weighted by Crippen LogP contribution is -2.46. The topological polar surface area (TPSA) is 88.3 Å². The number of urea groups is 1. The minimum absolute atomic E-state index is 0.0974. The van der Waals surface area contributed by atoms with Crippen LogP contribution in [-0.4, -0.2) is 34.9 Å². The molecule has 0 bridgehead atoms. The number of rotatable bonds is 3. The Morgan fingerprint density at radius 3 is 2.68 bits per heavy atom. The van der Waals surface area contributed by atoms with Crippen molar-refractivity contribution in [3.63, 3.8) is 0 Å². The number of primary amides is 1. The Labute approximate surface area is 112 Å². The van der Waals surface area contributed by atoms with Crippen LogP contribution in [0.3, 0.4) is 0 Å². The maximum Gasteiger partial charge on any atom is 0.317 e. The summed E-state index contributed by atoms with van der Waals surface area (Å²) in [6, 6.07) is 5.46. The van der Waals surface area contributed by atoms with Gasteiger partial charge in [-0.1, -0.05) is 6.07 Å². The fourth-order valence-corrected chi connectivity index (χ4v) is 2.15. The van der Waals surface area contributed by atoms with Gasteiger partial charge in [0.25, 0.3) is 0 Å². The van der Waals surface area contributed by atoms with Crippen LogP contribution in [0, 0.1) is 5.92 Å². The second kappa shape index (κ2) is 6.17. The van der Waals surface area contributed by atoms with Crippen molar-refractivity contribution in [3.8, 4) is 0 Å². The van der Waals surface area contributed by atoms with Crippen LogP contribution in [0.4, 0.5) is 4.79 Å². The molecule has 6 heteroatoms. The zero-order valence-electron chi connectivity index (χ0n) is 10.7. The molecule has 3 amide bonds. The molecule has 1 aromatic heterocycles. The number of hydrogen-bond donors (Lipinski definition) is 2. The van der Waals surface area contributed by atoms with Crippen LogP contribution >= 0.6 is 0 Å². The fraction of sp³-hybridized carbons (Fsp3) is 0.462. The standard InChI is InChI=1S/C13H18N4O2/c14-12(18)10-4-7-17(8-5-10)13(19)16-9-11-3-1-2-6-15-11/h1-3,6,10H,4-5,7-9H2,(H2,14,18)(H,16,19). The first-order valence-corrected chi connectivity index (χ1v) is 6.39. The van der Waals surface area contributed by atoms with E-state index in [1.807, 2.05) is 18.2 Å². The minimum Gasteiger partial charge on any atom is -0.369 e. The first-order chi connectivity index (χ1) is 9.16. The molecular formula is C13H18N4O2. The molecule has 0 spiro atoms. The second-order valence-corrected chi connectivity index (χ2v) is 4.64. The highest BCUT2D eigenvalue weighted by molar-refractivity contribution is 5.78. The zero-order chi connectivity index (χ0) is 13.7. The van der Waals surface area contributed by atoms with Crippen molar-refractivity contribution in [2.24, 2.45) is 11.7 Å². The van der Waals surface area contributed by atoms with E-state index in [1.165, 1.54) is 0 Å². The SMILES string of the molecule is NC(=O)C1CCN(C(=O)NCc2ccccn2)CC1. The lowest BCUT2D eigenvalue weighted by Gasteiger charge is -2.30. The number of amides is 3. The number of aromatic nitrogens is 1. The lowest BCUT2D eigenvalue weighted by atomic mass is 9.96. The number of likely N-dealkylation sites (tertiary alicyclic amines) is 1. The van der Waals surface area contributed by atoms with Gasteiger partial charge in [-0.2, -0.15) is 0 Å². The van der Waals surface area contributed by atoms with Crippen LogP contribution in [-0.2, 0) is 11.3 Å². The number of carbonyl (C=O) groups is 2. The van der Waals surface area contributed by atoms with Crippen molar-refractivity contribution < 1.29 is 9.59 Å². The number of nitrogens with one attached hydrogen (secondary N) is 1. The van der Waals surface area contributed by atoms with Crippen LogP contribution in [0.5, 0.6) is 0 Å². The highest BCUT2D eigenvalue weighted by Crippen LogP contribution is 2.16. The minimum atomic E-state index is -0.270. The molecule has 6 nitrogen and oxygen atoms in total. The molecule has 1 aliphatic rings. The number of piperidine rings is 1. The van der Waals surface area contributed by atoms with Crippen LogP contribution in [0.2, 0.25) is 0 Å². The van der Waals surface area contributed by atoms with Crippen molar-refractivity contribution in [3.05, 3.63) is 30.1 Å². The van der Waals surface area contributed by atoms with Crippen molar-refractivity contribution in [2.45, 2.75) is 19.4 Å². The first-order valence-electron chi connectivity index (χ1n) is 6.39. The van der Waals surface area contributed by atoms with E-state index in [2.05, 4.69) is 10.3 Å². The van der Waals surface area contributed by atoms with Crippen LogP contribution < -0.4 is 11.1 Å². The quantitative estimate of drug-likeness (QED) is 0.830. The molecular weight excluding hydrogens is 244 g/mol.